The van der Waals surface area contributed by atoms with Crippen molar-refractivity contribution in [2.45, 2.75) is 44.8 Å². The van der Waals surface area contributed by atoms with Gasteiger partial charge in [-0.2, -0.15) is 0 Å². The van der Waals surface area contributed by atoms with Crippen LogP contribution in [0.25, 0.3) is 0 Å². The molecule has 2 aliphatic rings. The van der Waals surface area contributed by atoms with E-state index in [9.17, 15) is 9.59 Å². The Morgan fingerprint density at radius 1 is 1.35 bits per heavy atom. The lowest BCUT2D eigenvalue weighted by atomic mass is 9.96. The molecule has 0 radical (unpaired) electrons. The molecular weight excluding hydrogens is 254 g/mol. The summed E-state index contributed by atoms with van der Waals surface area (Å²) in [5.41, 5.74) is 2.25. The zero-order valence-electron chi connectivity index (χ0n) is 11.6. The van der Waals surface area contributed by atoms with Crippen LogP contribution < -0.4 is 5.32 Å². The Hall–Kier alpha value is -1.68. The maximum atomic E-state index is 12.4. The molecule has 3 rings (SSSR count). The average Bonchev–Trinajstić information content (AvgIpc) is 2.80. The second-order valence-electron chi connectivity index (χ2n) is 5.61. The van der Waals surface area contributed by atoms with Crippen LogP contribution in [0, 0.1) is 0 Å². The minimum Gasteiger partial charge on any atom is -0.367 e. The first kappa shape index (κ1) is 13.3. The van der Waals surface area contributed by atoms with Crippen LogP contribution in [0.4, 0.5) is 0 Å². The molecule has 4 heteroatoms. The third kappa shape index (κ3) is 2.48. The zero-order chi connectivity index (χ0) is 14.1. The van der Waals surface area contributed by atoms with Crippen molar-refractivity contribution in [1.82, 2.24) is 5.32 Å². The van der Waals surface area contributed by atoms with Crippen LogP contribution in [-0.4, -0.2) is 30.4 Å². The highest BCUT2D eigenvalue weighted by Gasteiger charge is 2.29. The Balaban J connectivity index is 1.88. The van der Waals surface area contributed by atoms with Crippen LogP contribution in [0.1, 0.15) is 52.5 Å². The monoisotopic (exact) mass is 273 g/mol. The lowest BCUT2D eigenvalue weighted by molar-refractivity contribution is 0.0433. The molecule has 1 aromatic rings. The highest BCUT2D eigenvalue weighted by atomic mass is 16.5. The van der Waals surface area contributed by atoms with E-state index >= 15 is 0 Å². The second-order valence-corrected chi connectivity index (χ2v) is 5.61. The topological polar surface area (TPSA) is 55.4 Å². The molecule has 1 aromatic carbocycles. The van der Waals surface area contributed by atoms with Crippen molar-refractivity contribution in [2.24, 2.45) is 0 Å². The van der Waals surface area contributed by atoms with Crippen LogP contribution in [0.5, 0.6) is 0 Å². The fourth-order valence-corrected chi connectivity index (χ4v) is 2.92. The number of benzene rings is 1. The number of nitrogens with one attached hydrogen (secondary N) is 1. The summed E-state index contributed by atoms with van der Waals surface area (Å²) in [4.78, 5) is 24.4. The van der Waals surface area contributed by atoms with Crippen molar-refractivity contribution in [3.05, 3.63) is 34.9 Å². The Labute approximate surface area is 118 Å². The zero-order valence-corrected chi connectivity index (χ0v) is 11.6. The molecule has 2 atom stereocenters. The van der Waals surface area contributed by atoms with Gasteiger partial charge in [-0.1, -0.05) is 12.1 Å². The van der Waals surface area contributed by atoms with Gasteiger partial charge in [-0.3, -0.25) is 9.59 Å². The Morgan fingerprint density at radius 3 is 2.95 bits per heavy atom. The van der Waals surface area contributed by atoms with Gasteiger partial charge in [-0.15, -0.1) is 0 Å². The molecule has 2 heterocycles. The van der Waals surface area contributed by atoms with Crippen LogP contribution in [0.15, 0.2) is 18.2 Å². The summed E-state index contributed by atoms with van der Waals surface area (Å²) in [5, 5.41) is 2.86. The molecule has 106 valence electrons. The molecule has 4 nitrogen and oxygen atoms in total. The Kier molecular flexibility index (Phi) is 3.57. The first-order valence-corrected chi connectivity index (χ1v) is 7.26. The standard InChI is InChI=1S/C16H19NO3/c1-10-4-7-14(20-10)15(18)12-6-5-11-3-2-8-17-16(19)13(11)9-12/h5-6,9-10,14H,2-4,7-8H2,1H3,(H,17,19). The summed E-state index contributed by atoms with van der Waals surface area (Å²) in [7, 11) is 0. The normalized spacial score (nSPS) is 25.8. The molecule has 0 aromatic heterocycles. The van der Waals surface area contributed by atoms with Gasteiger partial charge in [0.15, 0.2) is 5.78 Å². The maximum absolute atomic E-state index is 12.4. The number of hydrogen-bond donors (Lipinski definition) is 1. The van der Waals surface area contributed by atoms with Gasteiger partial charge in [0, 0.05) is 17.7 Å². The van der Waals surface area contributed by atoms with Gasteiger partial charge in [0.1, 0.15) is 6.10 Å². The SMILES string of the molecule is CC1CCC(C(=O)c2ccc3c(c2)C(=O)NCCC3)O1. The second kappa shape index (κ2) is 5.37. The number of hydrogen-bond acceptors (Lipinski definition) is 3. The number of carbonyl (C=O) groups is 2. The van der Waals surface area contributed by atoms with E-state index in [1.54, 1.807) is 6.07 Å². The van der Waals surface area contributed by atoms with E-state index in [1.807, 2.05) is 19.1 Å². The van der Waals surface area contributed by atoms with Gasteiger partial charge in [-0.05, 0) is 44.2 Å². The van der Waals surface area contributed by atoms with E-state index in [1.165, 1.54) is 0 Å². The molecule has 0 spiro atoms. The third-order valence-corrected chi connectivity index (χ3v) is 4.07. The number of aryl methyl sites for hydroxylation is 1. The lowest BCUT2D eigenvalue weighted by Crippen LogP contribution is -2.24. The van der Waals surface area contributed by atoms with Gasteiger partial charge in [-0.25, -0.2) is 0 Å². The quantitative estimate of drug-likeness (QED) is 0.840. The Morgan fingerprint density at radius 2 is 2.20 bits per heavy atom. The van der Waals surface area contributed by atoms with Crippen molar-refractivity contribution in [1.29, 1.82) is 0 Å². The largest absolute Gasteiger partial charge is 0.367 e. The summed E-state index contributed by atoms with van der Waals surface area (Å²) in [6, 6.07) is 5.46. The van der Waals surface area contributed by atoms with Gasteiger partial charge >= 0.3 is 0 Å². The summed E-state index contributed by atoms with van der Waals surface area (Å²) in [6.07, 6.45) is 3.30. The van der Waals surface area contributed by atoms with Crippen molar-refractivity contribution in [3.8, 4) is 0 Å². The minimum atomic E-state index is -0.350. The molecule has 20 heavy (non-hydrogen) atoms. The van der Waals surface area contributed by atoms with E-state index in [4.69, 9.17) is 4.74 Å². The molecule has 0 bridgehead atoms. The average molecular weight is 273 g/mol. The van der Waals surface area contributed by atoms with Gasteiger partial charge in [0.2, 0.25) is 0 Å². The fraction of sp³-hybridized carbons (Fsp3) is 0.500. The van der Waals surface area contributed by atoms with Crippen LogP contribution in [0.2, 0.25) is 0 Å². The van der Waals surface area contributed by atoms with E-state index in [2.05, 4.69) is 5.32 Å². The van der Waals surface area contributed by atoms with Crippen LogP contribution in [0.3, 0.4) is 0 Å². The number of amides is 1. The molecule has 0 aliphatic carbocycles. The van der Waals surface area contributed by atoms with E-state index in [0.717, 1.165) is 31.2 Å². The third-order valence-electron chi connectivity index (χ3n) is 4.07. The van der Waals surface area contributed by atoms with Gasteiger partial charge in [0.25, 0.3) is 5.91 Å². The van der Waals surface area contributed by atoms with Crippen molar-refractivity contribution < 1.29 is 14.3 Å². The predicted molar refractivity (Wildman–Crippen MR) is 75.0 cm³/mol. The van der Waals surface area contributed by atoms with Crippen LogP contribution >= 0.6 is 0 Å². The van der Waals surface area contributed by atoms with Crippen LogP contribution in [-0.2, 0) is 11.2 Å². The highest BCUT2D eigenvalue weighted by Crippen LogP contribution is 2.24. The number of rotatable bonds is 2. The number of ketones is 1. The predicted octanol–water partition coefficient (Wildman–Crippen LogP) is 2.11. The molecule has 1 fully saturated rings. The maximum Gasteiger partial charge on any atom is 0.251 e. The minimum absolute atomic E-state index is 0.00537. The summed E-state index contributed by atoms with van der Waals surface area (Å²) in [5.74, 6) is -0.0814. The first-order valence-electron chi connectivity index (χ1n) is 7.26. The molecule has 1 saturated heterocycles. The smallest absolute Gasteiger partial charge is 0.251 e. The number of fused-ring (bicyclic) bond motifs is 1. The molecule has 1 N–H and O–H groups in total. The summed E-state index contributed by atoms with van der Waals surface area (Å²) in [6.45, 7) is 2.68. The van der Waals surface area contributed by atoms with E-state index < -0.39 is 0 Å². The summed E-state index contributed by atoms with van der Waals surface area (Å²) < 4.78 is 5.62. The lowest BCUT2D eigenvalue weighted by Gasteiger charge is -2.12. The molecular formula is C16H19NO3. The van der Waals surface area contributed by atoms with E-state index in [0.29, 0.717) is 17.7 Å². The first-order chi connectivity index (χ1) is 9.65. The molecule has 2 aliphatic heterocycles. The van der Waals surface area contributed by atoms with Gasteiger partial charge < -0.3 is 10.1 Å². The van der Waals surface area contributed by atoms with Crippen molar-refractivity contribution >= 4 is 11.7 Å². The van der Waals surface area contributed by atoms with Crippen molar-refractivity contribution in [3.63, 3.8) is 0 Å². The molecule has 2 unspecified atom stereocenters. The number of Topliss-reactive ketones (excluding diaryl/α,β-unsaturated/α-hetero) is 1. The highest BCUT2D eigenvalue weighted by molar-refractivity contribution is 6.03. The fourth-order valence-electron chi connectivity index (χ4n) is 2.92. The number of ether oxygens (including phenoxy) is 1. The van der Waals surface area contributed by atoms with E-state index in [-0.39, 0.29) is 23.9 Å². The Bertz CT molecular complexity index is 553. The van der Waals surface area contributed by atoms with Crippen molar-refractivity contribution in [2.75, 3.05) is 6.54 Å². The number of carbonyl (C=O) groups excluding carboxylic acids is 2. The summed E-state index contributed by atoms with van der Waals surface area (Å²) >= 11 is 0. The molecule has 0 saturated carbocycles. The molecule has 1 amide bonds. The van der Waals surface area contributed by atoms with Gasteiger partial charge in [0.05, 0.1) is 6.10 Å².